The van der Waals surface area contributed by atoms with Crippen LogP contribution in [0.1, 0.15) is 33.1 Å². The van der Waals surface area contributed by atoms with Crippen LogP contribution in [0.3, 0.4) is 0 Å². The van der Waals surface area contributed by atoms with Gasteiger partial charge >= 0.3 is 0 Å². The molecule has 0 aromatic heterocycles. The van der Waals surface area contributed by atoms with Crippen LogP contribution < -0.4 is 11.1 Å². The summed E-state index contributed by atoms with van der Waals surface area (Å²) in [4.78, 5) is 11.7. The van der Waals surface area contributed by atoms with Crippen molar-refractivity contribution in [3.05, 3.63) is 0 Å². The Morgan fingerprint density at radius 2 is 2.29 bits per heavy atom. The Hall–Kier alpha value is -0.610. The summed E-state index contributed by atoms with van der Waals surface area (Å²) in [5.74, 6) is -0.0276. The maximum Gasteiger partial charge on any atom is 0.249 e. The number of hydrogen-bond donors (Lipinski definition) is 2. The fourth-order valence-electron chi connectivity index (χ4n) is 1.41. The third-order valence-corrected chi connectivity index (χ3v) is 2.44. The maximum atomic E-state index is 11.7. The van der Waals surface area contributed by atoms with Crippen molar-refractivity contribution in [1.29, 1.82) is 0 Å². The van der Waals surface area contributed by atoms with Gasteiger partial charge in [0.25, 0.3) is 0 Å². The Balaban J connectivity index is 2.40. The molecular formula is C10H20N2O2. The standard InChI is InChI=1S/C10H20N2O2/c1-10(2,7-11)12-9(13)8-5-3-4-6-14-8/h8H,3-7,11H2,1-2H3,(H,12,13). The number of nitrogens with two attached hydrogens (primary N) is 1. The van der Waals surface area contributed by atoms with Gasteiger partial charge in [0.1, 0.15) is 6.10 Å². The van der Waals surface area contributed by atoms with E-state index in [4.69, 9.17) is 10.5 Å². The summed E-state index contributed by atoms with van der Waals surface area (Å²) >= 11 is 0. The van der Waals surface area contributed by atoms with Crippen LogP contribution in [0, 0.1) is 0 Å². The molecule has 14 heavy (non-hydrogen) atoms. The molecule has 3 N–H and O–H groups in total. The number of nitrogens with one attached hydrogen (secondary N) is 1. The minimum atomic E-state index is -0.335. The van der Waals surface area contributed by atoms with Crippen molar-refractivity contribution < 1.29 is 9.53 Å². The smallest absolute Gasteiger partial charge is 0.249 e. The van der Waals surface area contributed by atoms with Gasteiger partial charge in [-0.3, -0.25) is 4.79 Å². The quantitative estimate of drug-likeness (QED) is 0.693. The van der Waals surface area contributed by atoms with Crippen LogP contribution in [0.25, 0.3) is 0 Å². The van der Waals surface area contributed by atoms with Crippen LogP contribution in [0.15, 0.2) is 0 Å². The molecule has 1 aliphatic rings. The van der Waals surface area contributed by atoms with Crippen molar-refractivity contribution in [2.45, 2.75) is 44.8 Å². The largest absolute Gasteiger partial charge is 0.368 e. The van der Waals surface area contributed by atoms with E-state index >= 15 is 0 Å². The van der Waals surface area contributed by atoms with Crippen molar-refractivity contribution in [3.63, 3.8) is 0 Å². The third-order valence-electron chi connectivity index (χ3n) is 2.44. The van der Waals surface area contributed by atoms with Crippen molar-refractivity contribution in [2.24, 2.45) is 5.73 Å². The van der Waals surface area contributed by atoms with Gasteiger partial charge in [-0.25, -0.2) is 0 Å². The monoisotopic (exact) mass is 200 g/mol. The van der Waals surface area contributed by atoms with E-state index in [-0.39, 0.29) is 17.6 Å². The first kappa shape index (κ1) is 11.5. The summed E-state index contributed by atoms with van der Waals surface area (Å²) < 4.78 is 5.38. The Morgan fingerprint density at radius 3 is 2.79 bits per heavy atom. The molecule has 1 atom stereocenters. The van der Waals surface area contributed by atoms with E-state index in [9.17, 15) is 4.79 Å². The van der Waals surface area contributed by atoms with Crippen LogP contribution >= 0.6 is 0 Å². The Bertz CT molecular complexity index is 198. The molecule has 4 nitrogen and oxygen atoms in total. The highest BCUT2D eigenvalue weighted by molar-refractivity contribution is 5.81. The predicted molar refractivity (Wildman–Crippen MR) is 54.9 cm³/mol. The average molecular weight is 200 g/mol. The number of carbonyl (C=O) groups excluding carboxylic acids is 1. The molecule has 4 heteroatoms. The van der Waals surface area contributed by atoms with Gasteiger partial charge in [0.2, 0.25) is 5.91 Å². The molecule has 1 fully saturated rings. The second-order valence-electron chi connectivity index (χ2n) is 4.43. The summed E-state index contributed by atoms with van der Waals surface area (Å²) in [5.41, 5.74) is 5.19. The molecule has 0 spiro atoms. The summed E-state index contributed by atoms with van der Waals surface area (Å²) in [6.07, 6.45) is 2.69. The lowest BCUT2D eigenvalue weighted by Crippen LogP contribution is -2.52. The molecule has 0 radical (unpaired) electrons. The lowest BCUT2D eigenvalue weighted by atomic mass is 10.0. The molecule has 1 aliphatic heterocycles. The molecular weight excluding hydrogens is 180 g/mol. The number of hydrogen-bond acceptors (Lipinski definition) is 3. The van der Waals surface area contributed by atoms with Crippen LogP contribution in [0.4, 0.5) is 0 Å². The number of amides is 1. The van der Waals surface area contributed by atoms with E-state index in [1.54, 1.807) is 0 Å². The van der Waals surface area contributed by atoms with Crippen molar-refractivity contribution >= 4 is 5.91 Å². The molecule has 0 saturated carbocycles. The van der Waals surface area contributed by atoms with Crippen LogP contribution in [-0.2, 0) is 9.53 Å². The maximum absolute atomic E-state index is 11.7. The van der Waals surface area contributed by atoms with Crippen molar-refractivity contribution in [1.82, 2.24) is 5.32 Å². The zero-order valence-corrected chi connectivity index (χ0v) is 9.01. The number of rotatable bonds is 3. The lowest BCUT2D eigenvalue weighted by molar-refractivity contribution is -0.137. The minimum Gasteiger partial charge on any atom is -0.368 e. The van der Waals surface area contributed by atoms with Gasteiger partial charge in [-0.2, -0.15) is 0 Å². The molecule has 0 aromatic rings. The Morgan fingerprint density at radius 1 is 1.57 bits per heavy atom. The van der Waals surface area contributed by atoms with Gasteiger partial charge in [0.05, 0.1) is 0 Å². The van der Waals surface area contributed by atoms with Gasteiger partial charge in [0, 0.05) is 18.7 Å². The van der Waals surface area contributed by atoms with Crippen LogP contribution in [0.5, 0.6) is 0 Å². The topological polar surface area (TPSA) is 64.3 Å². The van der Waals surface area contributed by atoms with E-state index in [0.29, 0.717) is 13.2 Å². The predicted octanol–water partition coefficient (Wildman–Crippen LogP) is 0.409. The van der Waals surface area contributed by atoms with E-state index in [0.717, 1.165) is 19.3 Å². The molecule has 1 rings (SSSR count). The second kappa shape index (κ2) is 4.75. The molecule has 1 saturated heterocycles. The molecule has 0 bridgehead atoms. The van der Waals surface area contributed by atoms with E-state index in [1.165, 1.54) is 0 Å². The molecule has 1 amide bonds. The first-order valence-electron chi connectivity index (χ1n) is 5.19. The molecule has 0 aromatic carbocycles. The Labute approximate surface area is 85.2 Å². The zero-order chi connectivity index (χ0) is 10.6. The van der Waals surface area contributed by atoms with E-state index < -0.39 is 0 Å². The fourth-order valence-corrected chi connectivity index (χ4v) is 1.41. The lowest BCUT2D eigenvalue weighted by Gasteiger charge is -2.28. The third kappa shape index (κ3) is 3.27. The fraction of sp³-hybridized carbons (Fsp3) is 0.900. The van der Waals surface area contributed by atoms with Gasteiger partial charge in [0.15, 0.2) is 0 Å². The SMILES string of the molecule is CC(C)(CN)NC(=O)C1CCCCO1. The minimum absolute atomic E-state index is 0.0276. The average Bonchev–Trinajstić information content (AvgIpc) is 2.19. The van der Waals surface area contributed by atoms with Crippen LogP contribution in [0.2, 0.25) is 0 Å². The van der Waals surface area contributed by atoms with Crippen molar-refractivity contribution in [2.75, 3.05) is 13.2 Å². The van der Waals surface area contributed by atoms with Crippen LogP contribution in [-0.4, -0.2) is 30.7 Å². The normalized spacial score (nSPS) is 23.2. The number of carbonyl (C=O) groups is 1. The summed E-state index contributed by atoms with van der Waals surface area (Å²) in [6, 6.07) is 0. The molecule has 0 aliphatic carbocycles. The molecule has 82 valence electrons. The first-order chi connectivity index (χ1) is 6.55. The summed E-state index contributed by atoms with van der Waals surface area (Å²) in [7, 11) is 0. The highest BCUT2D eigenvalue weighted by Crippen LogP contribution is 2.13. The van der Waals surface area contributed by atoms with Gasteiger partial charge < -0.3 is 15.8 Å². The summed E-state index contributed by atoms with van der Waals surface area (Å²) in [6.45, 7) is 4.95. The van der Waals surface area contributed by atoms with Crippen molar-refractivity contribution in [3.8, 4) is 0 Å². The number of ether oxygens (including phenoxy) is 1. The highest BCUT2D eigenvalue weighted by atomic mass is 16.5. The van der Waals surface area contributed by atoms with E-state index in [2.05, 4.69) is 5.32 Å². The second-order valence-corrected chi connectivity index (χ2v) is 4.43. The summed E-state index contributed by atoms with van der Waals surface area (Å²) in [5, 5.41) is 2.89. The highest BCUT2D eigenvalue weighted by Gasteiger charge is 2.26. The molecule has 1 heterocycles. The zero-order valence-electron chi connectivity index (χ0n) is 9.01. The molecule has 1 unspecified atom stereocenters. The van der Waals surface area contributed by atoms with Gasteiger partial charge in [-0.05, 0) is 33.1 Å². The Kier molecular flexibility index (Phi) is 3.89. The van der Waals surface area contributed by atoms with Gasteiger partial charge in [-0.1, -0.05) is 0 Å². The first-order valence-corrected chi connectivity index (χ1v) is 5.19. The van der Waals surface area contributed by atoms with E-state index in [1.807, 2.05) is 13.8 Å². The van der Waals surface area contributed by atoms with Gasteiger partial charge in [-0.15, -0.1) is 0 Å².